The van der Waals surface area contributed by atoms with E-state index in [1.54, 1.807) is 26.1 Å². The van der Waals surface area contributed by atoms with Gasteiger partial charge in [0.2, 0.25) is 0 Å². The van der Waals surface area contributed by atoms with Crippen LogP contribution in [0.2, 0.25) is 0 Å². The number of hydrogen-bond acceptors (Lipinski definition) is 5. The highest BCUT2D eigenvalue weighted by Crippen LogP contribution is 2.38. The molecule has 0 aliphatic heterocycles. The van der Waals surface area contributed by atoms with E-state index in [9.17, 15) is 14.0 Å². The highest BCUT2D eigenvalue weighted by atomic mass is 32.1. The van der Waals surface area contributed by atoms with Crippen LogP contribution in [0.5, 0.6) is 0 Å². The summed E-state index contributed by atoms with van der Waals surface area (Å²) in [5.74, 6) is -0.748. The molecule has 2 N–H and O–H groups in total. The van der Waals surface area contributed by atoms with Crippen molar-refractivity contribution in [3.05, 3.63) is 57.3 Å². The summed E-state index contributed by atoms with van der Waals surface area (Å²) in [5, 5.41) is 9.79. The fourth-order valence-corrected chi connectivity index (χ4v) is 4.73. The Kier molecular flexibility index (Phi) is 5.19. The summed E-state index contributed by atoms with van der Waals surface area (Å²) in [6.45, 7) is 1.67. The number of nitrogens with one attached hydrogen (secondary N) is 2. The van der Waals surface area contributed by atoms with Crippen LogP contribution in [0.1, 0.15) is 49.7 Å². The molecule has 1 aromatic carbocycles. The van der Waals surface area contributed by atoms with Gasteiger partial charge in [0.05, 0.1) is 5.56 Å². The van der Waals surface area contributed by atoms with Crippen LogP contribution in [0.4, 0.5) is 9.39 Å². The standard InChI is InChI=1S/C21H20FN3O3S/c1-11-7-8-12(9-14(11)22)16-10-15(25-28-16)19(26)24-21-18(20(27)23-2)13-5-3-4-6-17(13)29-21/h7-10H,3-6H2,1-2H3,(H,23,27)(H,24,26). The van der Waals surface area contributed by atoms with Crippen LogP contribution >= 0.6 is 11.3 Å². The van der Waals surface area contributed by atoms with Crippen molar-refractivity contribution in [2.24, 2.45) is 0 Å². The molecule has 29 heavy (non-hydrogen) atoms. The Bertz CT molecular complexity index is 1100. The third-order valence-electron chi connectivity index (χ3n) is 5.05. The van der Waals surface area contributed by atoms with Crippen LogP contribution in [0.15, 0.2) is 28.8 Å². The van der Waals surface area contributed by atoms with E-state index in [0.29, 0.717) is 27.5 Å². The normalized spacial score (nSPS) is 13.1. The second kappa shape index (κ2) is 7.79. The second-order valence-electron chi connectivity index (χ2n) is 6.99. The average Bonchev–Trinajstić information content (AvgIpc) is 3.34. The predicted molar refractivity (Wildman–Crippen MR) is 109 cm³/mol. The Labute approximate surface area is 171 Å². The van der Waals surface area contributed by atoms with Crippen molar-refractivity contribution in [3.63, 3.8) is 0 Å². The lowest BCUT2D eigenvalue weighted by Gasteiger charge is -2.12. The maximum Gasteiger partial charge on any atom is 0.278 e. The van der Waals surface area contributed by atoms with Gasteiger partial charge in [0, 0.05) is 23.6 Å². The summed E-state index contributed by atoms with van der Waals surface area (Å²) in [6.07, 6.45) is 3.85. The van der Waals surface area contributed by atoms with E-state index in [-0.39, 0.29) is 17.4 Å². The molecule has 0 atom stereocenters. The van der Waals surface area contributed by atoms with E-state index < -0.39 is 5.91 Å². The zero-order valence-electron chi connectivity index (χ0n) is 16.1. The molecule has 1 aliphatic rings. The van der Waals surface area contributed by atoms with Crippen molar-refractivity contribution >= 4 is 28.2 Å². The predicted octanol–water partition coefficient (Wildman–Crippen LogP) is 4.34. The van der Waals surface area contributed by atoms with Crippen molar-refractivity contribution in [1.82, 2.24) is 10.5 Å². The van der Waals surface area contributed by atoms with Crippen LogP contribution in [0.3, 0.4) is 0 Å². The van der Waals surface area contributed by atoms with Gasteiger partial charge >= 0.3 is 0 Å². The molecular formula is C21H20FN3O3S. The van der Waals surface area contributed by atoms with Crippen LogP contribution in [0, 0.1) is 12.7 Å². The third kappa shape index (κ3) is 3.67. The minimum atomic E-state index is -0.476. The smallest absolute Gasteiger partial charge is 0.278 e. The van der Waals surface area contributed by atoms with Gasteiger partial charge in [0.25, 0.3) is 11.8 Å². The van der Waals surface area contributed by atoms with Crippen molar-refractivity contribution in [1.29, 1.82) is 0 Å². The molecule has 0 fully saturated rings. The zero-order chi connectivity index (χ0) is 20.5. The first-order valence-electron chi connectivity index (χ1n) is 9.39. The van der Waals surface area contributed by atoms with Crippen molar-refractivity contribution < 1.29 is 18.5 Å². The van der Waals surface area contributed by atoms with Crippen molar-refractivity contribution in [2.45, 2.75) is 32.6 Å². The SMILES string of the molecule is CNC(=O)c1c(NC(=O)c2cc(-c3ccc(C)c(F)c3)on2)sc2c1CCCC2. The van der Waals surface area contributed by atoms with E-state index in [2.05, 4.69) is 15.8 Å². The quantitative estimate of drug-likeness (QED) is 0.666. The molecule has 2 aromatic heterocycles. The number of hydrogen-bond donors (Lipinski definition) is 2. The van der Waals surface area contributed by atoms with Gasteiger partial charge in [-0.1, -0.05) is 17.3 Å². The van der Waals surface area contributed by atoms with Crippen LogP contribution < -0.4 is 10.6 Å². The fraction of sp³-hybridized carbons (Fsp3) is 0.286. The van der Waals surface area contributed by atoms with Gasteiger partial charge in [-0.05, 0) is 49.8 Å². The third-order valence-corrected chi connectivity index (χ3v) is 6.26. The topological polar surface area (TPSA) is 84.2 Å². The van der Waals surface area contributed by atoms with Gasteiger partial charge < -0.3 is 15.2 Å². The number of amides is 2. The largest absolute Gasteiger partial charge is 0.355 e. The van der Waals surface area contributed by atoms with Gasteiger partial charge in [-0.3, -0.25) is 9.59 Å². The summed E-state index contributed by atoms with van der Waals surface area (Å²) in [7, 11) is 1.57. The summed E-state index contributed by atoms with van der Waals surface area (Å²) in [6, 6.07) is 6.15. The molecule has 8 heteroatoms. The Morgan fingerprint density at radius 1 is 1.17 bits per heavy atom. The van der Waals surface area contributed by atoms with E-state index in [1.165, 1.54) is 23.5 Å². The first kappa shape index (κ1) is 19.3. The van der Waals surface area contributed by atoms with E-state index >= 15 is 0 Å². The first-order valence-corrected chi connectivity index (χ1v) is 10.2. The number of anilines is 1. The van der Waals surface area contributed by atoms with Gasteiger partial charge in [-0.25, -0.2) is 4.39 Å². The molecule has 4 rings (SSSR count). The highest BCUT2D eigenvalue weighted by molar-refractivity contribution is 7.17. The maximum atomic E-state index is 13.8. The summed E-state index contributed by atoms with van der Waals surface area (Å²) < 4.78 is 19.0. The fourth-order valence-electron chi connectivity index (χ4n) is 3.45. The lowest BCUT2D eigenvalue weighted by Crippen LogP contribution is -2.22. The molecule has 0 unspecified atom stereocenters. The van der Waals surface area contributed by atoms with E-state index in [1.807, 2.05) is 0 Å². The van der Waals surface area contributed by atoms with Gasteiger partial charge in [-0.2, -0.15) is 0 Å². The monoisotopic (exact) mass is 413 g/mol. The average molecular weight is 413 g/mol. The Balaban J connectivity index is 1.60. The number of benzene rings is 1. The molecular weight excluding hydrogens is 393 g/mol. The molecule has 0 radical (unpaired) electrons. The van der Waals surface area contributed by atoms with E-state index in [0.717, 1.165) is 36.1 Å². The number of halogens is 1. The second-order valence-corrected chi connectivity index (χ2v) is 8.09. The Morgan fingerprint density at radius 2 is 1.97 bits per heavy atom. The van der Waals surface area contributed by atoms with Crippen LogP contribution in [-0.2, 0) is 12.8 Å². The Morgan fingerprint density at radius 3 is 2.72 bits per heavy atom. The van der Waals surface area contributed by atoms with E-state index in [4.69, 9.17) is 4.52 Å². The molecule has 0 saturated carbocycles. The van der Waals surface area contributed by atoms with Crippen LogP contribution in [0.25, 0.3) is 11.3 Å². The number of nitrogens with zero attached hydrogens (tertiary/aromatic N) is 1. The molecule has 1 aliphatic carbocycles. The Hall–Kier alpha value is -3.00. The van der Waals surface area contributed by atoms with Crippen molar-refractivity contribution in [3.8, 4) is 11.3 Å². The molecule has 2 heterocycles. The summed E-state index contributed by atoms with van der Waals surface area (Å²) in [5.41, 5.74) is 2.64. The first-order chi connectivity index (χ1) is 14.0. The van der Waals surface area contributed by atoms with Gasteiger partial charge in [0.1, 0.15) is 10.8 Å². The summed E-state index contributed by atoms with van der Waals surface area (Å²) in [4.78, 5) is 26.3. The van der Waals surface area contributed by atoms with Gasteiger partial charge in [0.15, 0.2) is 11.5 Å². The molecule has 0 spiro atoms. The van der Waals surface area contributed by atoms with Crippen LogP contribution in [-0.4, -0.2) is 24.0 Å². The number of thiophene rings is 1. The molecule has 3 aromatic rings. The number of aromatic nitrogens is 1. The molecule has 0 bridgehead atoms. The van der Waals surface area contributed by atoms with Gasteiger partial charge in [-0.15, -0.1) is 11.3 Å². The molecule has 2 amide bonds. The zero-order valence-corrected chi connectivity index (χ0v) is 16.9. The number of fused-ring (bicyclic) bond motifs is 1. The minimum Gasteiger partial charge on any atom is -0.355 e. The highest BCUT2D eigenvalue weighted by Gasteiger charge is 2.26. The number of rotatable bonds is 4. The van der Waals surface area contributed by atoms with Crippen molar-refractivity contribution in [2.75, 3.05) is 12.4 Å². The number of carbonyl (C=O) groups excluding carboxylic acids is 2. The number of carbonyl (C=O) groups is 2. The molecule has 6 nitrogen and oxygen atoms in total. The lowest BCUT2D eigenvalue weighted by molar-refractivity contribution is 0.0963. The minimum absolute atomic E-state index is 0.0650. The lowest BCUT2D eigenvalue weighted by atomic mass is 9.95. The number of aryl methyl sites for hydroxylation is 2. The molecule has 0 saturated heterocycles. The maximum absolute atomic E-state index is 13.8. The molecule has 150 valence electrons. The summed E-state index contributed by atoms with van der Waals surface area (Å²) >= 11 is 1.43.